The Kier molecular flexibility index (Phi) is 5.49. The number of benzene rings is 2. The number of sulfonamides is 1. The predicted molar refractivity (Wildman–Crippen MR) is 90.0 cm³/mol. The second kappa shape index (κ2) is 7.19. The monoisotopic (exact) mass is 357 g/mol. The Morgan fingerprint density at radius 2 is 1.87 bits per heavy atom. The smallest absolute Gasteiger partial charge is 0.232 e. The minimum Gasteiger partial charge on any atom is -0.492 e. The van der Waals surface area contributed by atoms with Gasteiger partial charge in [0.1, 0.15) is 11.6 Å². The van der Waals surface area contributed by atoms with Crippen molar-refractivity contribution in [3.05, 3.63) is 58.9 Å². The van der Waals surface area contributed by atoms with Gasteiger partial charge in [-0.25, -0.2) is 12.8 Å². The number of halogens is 2. The Bertz CT molecular complexity index is 775. The van der Waals surface area contributed by atoms with E-state index in [0.717, 1.165) is 10.6 Å². The number of nitrogens with zero attached hydrogens (tertiary/aromatic N) is 1. The van der Waals surface area contributed by atoms with Crippen LogP contribution in [0.25, 0.3) is 0 Å². The van der Waals surface area contributed by atoms with Crippen LogP contribution in [0.15, 0.2) is 42.5 Å². The minimum atomic E-state index is -3.66. The zero-order valence-electron chi connectivity index (χ0n) is 12.8. The van der Waals surface area contributed by atoms with E-state index >= 15 is 0 Å². The topological polar surface area (TPSA) is 46.6 Å². The molecule has 124 valence electrons. The van der Waals surface area contributed by atoms with E-state index < -0.39 is 15.8 Å². The molecule has 0 aliphatic carbocycles. The van der Waals surface area contributed by atoms with Crippen molar-refractivity contribution < 1.29 is 17.5 Å². The van der Waals surface area contributed by atoms with Crippen LogP contribution in [0.3, 0.4) is 0 Å². The number of hydrogen-bond donors (Lipinski definition) is 0. The fourth-order valence-corrected chi connectivity index (χ4v) is 3.24. The second-order valence-electron chi connectivity index (χ2n) is 4.87. The molecule has 7 heteroatoms. The van der Waals surface area contributed by atoms with E-state index in [1.54, 1.807) is 31.2 Å². The van der Waals surface area contributed by atoms with Gasteiger partial charge in [0, 0.05) is 10.6 Å². The van der Waals surface area contributed by atoms with E-state index in [4.69, 9.17) is 16.3 Å². The maximum Gasteiger partial charge on any atom is 0.232 e. The van der Waals surface area contributed by atoms with Crippen molar-refractivity contribution in [3.8, 4) is 5.75 Å². The van der Waals surface area contributed by atoms with Crippen LogP contribution in [-0.2, 0) is 16.6 Å². The molecule has 0 unspecified atom stereocenters. The molecule has 0 saturated heterocycles. The van der Waals surface area contributed by atoms with Crippen molar-refractivity contribution >= 4 is 27.3 Å². The van der Waals surface area contributed by atoms with Crippen molar-refractivity contribution in [1.82, 2.24) is 0 Å². The summed E-state index contributed by atoms with van der Waals surface area (Å²) in [6, 6.07) is 11.0. The maximum absolute atomic E-state index is 14.0. The summed E-state index contributed by atoms with van der Waals surface area (Å²) in [5.74, 6) is -0.145. The molecule has 2 aromatic rings. The van der Waals surface area contributed by atoms with Crippen LogP contribution in [-0.4, -0.2) is 21.3 Å². The van der Waals surface area contributed by atoms with E-state index in [-0.39, 0.29) is 17.1 Å². The fourth-order valence-electron chi connectivity index (χ4n) is 2.15. The van der Waals surface area contributed by atoms with Crippen LogP contribution in [0.2, 0.25) is 5.02 Å². The average Bonchev–Trinajstić information content (AvgIpc) is 2.47. The van der Waals surface area contributed by atoms with Gasteiger partial charge < -0.3 is 4.74 Å². The fraction of sp³-hybridized carbons (Fsp3) is 0.250. The lowest BCUT2D eigenvalue weighted by atomic mass is 10.2. The molecular weight excluding hydrogens is 341 g/mol. The molecule has 2 aromatic carbocycles. The highest BCUT2D eigenvalue weighted by atomic mass is 35.5. The van der Waals surface area contributed by atoms with Crippen LogP contribution >= 0.6 is 11.6 Å². The summed E-state index contributed by atoms with van der Waals surface area (Å²) in [5, 5.41) is 0.174. The Morgan fingerprint density at radius 1 is 1.17 bits per heavy atom. The van der Waals surface area contributed by atoms with E-state index in [2.05, 4.69) is 0 Å². The first-order valence-electron chi connectivity index (χ1n) is 6.97. The highest BCUT2D eigenvalue weighted by molar-refractivity contribution is 7.92. The Balaban J connectivity index is 2.52. The number of hydrogen-bond acceptors (Lipinski definition) is 3. The lowest BCUT2D eigenvalue weighted by molar-refractivity contribution is 0.341. The molecule has 2 rings (SSSR count). The van der Waals surface area contributed by atoms with Gasteiger partial charge >= 0.3 is 0 Å². The van der Waals surface area contributed by atoms with Gasteiger partial charge in [0.2, 0.25) is 10.0 Å². The van der Waals surface area contributed by atoms with Crippen LogP contribution in [0.5, 0.6) is 5.75 Å². The molecule has 0 spiro atoms. The van der Waals surface area contributed by atoms with Crippen molar-refractivity contribution in [2.24, 2.45) is 0 Å². The van der Waals surface area contributed by atoms with Crippen molar-refractivity contribution in [3.63, 3.8) is 0 Å². The first kappa shape index (κ1) is 17.6. The molecule has 0 aliphatic heterocycles. The second-order valence-corrected chi connectivity index (χ2v) is 7.18. The third-order valence-electron chi connectivity index (χ3n) is 3.20. The van der Waals surface area contributed by atoms with Crippen LogP contribution in [0, 0.1) is 5.82 Å². The van der Waals surface area contributed by atoms with Crippen molar-refractivity contribution in [2.45, 2.75) is 13.5 Å². The summed E-state index contributed by atoms with van der Waals surface area (Å²) in [5.41, 5.74) is 0.460. The molecule has 0 amide bonds. The van der Waals surface area contributed by atoms with Gasteiger partial charge in [0.25, 0.3) is 0 Å². The van der Waals surface area contributed by atoms with Gasteiger partial charge in [-0.05, 0) is 31.2 Å². The Morgan fingerprint density at radius 3 is 2.48 bits per heavy atom. The number of ether oxygens (including phenoxy) is 1. The third-order valence-corrected chi connectivity index (χ3v) is 4.68. The highest BCUT2D eigenvalue weighted by Gasteiger charge is 2.23. The number of anilines is 1. The summed E-state index contributed by atoms with van der Waals surface area (Å²) >= 11 is 6.02. The maximum atomic E-state index is 14.0. The third kappa shape index (κ3) is 4.14. The van der Waals surface area contributed by atoms with Crippen LogP contribution < -0.4 is 9.04 Å². The number of para-hydroxylation sites is 2. The van der Waals surface area contributed by atoms with E-state index in [1.807, 2.05) is 0 Å². The van der Waals surface area contributed by atoms with Gasteiger partial charge in [-0.2, -0.15) is 0 Å². The summed E-state index contributed by atoms with van der Waals surface area (Å²) in [6.07, 6.45) is 1.06. The normalized spacial score (nSPS) is 11.3. The van der Waals surface area contributed by atoms with E-state index in [9.17, 15) is 12.8 Å². The zero-order chi connectivity index (χ0) is 17.0. The molecule has 0 saturated carbocycles. The molecule has 4 nitrogen and oxygen atoms in total. The summed E-state index contributed by atoms with van der Waals surface area (Å²) in [4.78, 5) is 0. The van der Waals surface area contributed by atoms with Crippen molar-refractivity contribution in [2.75, 3.05) is 17.2 Å². The van der Waals surface area contributed by atoms with Gasteiger partial charge in [0.05, 0.1) is 25.1 Å². The standard InChI is InChI=1S/C16H17ClFNO3S/c1-3-22-16-10-5-4-9-15(16)19(23(2,20)21)11-12-13(17)7-6-8-14(12)18/h4-10H,3,11H2,1-2H3. The quantitative estimate of drug-likeness (QED) is 0.789. The van der Waals surface area contributed by atoms with Gasteiger partial charge in [-0.3, -0.25) is 4.31 Å². The summed E-state index contributed by atoms with van der Waals surface area (Å²) in [6.45, 7) is 1.97. The molecule has 0 aliphatic rings. The van der Waals surface area contributed by atoms with E-state index in [1.165, 1.54) is 18.2 Å². The molecule has 0 heterocycles. The molecule has 0 aromatic heterocycles. The van der Waals surface area contributed by atoms with Crippen LogP contribution in [0.4, 0.5) is 10.1 Å². The lowest BCUT2D eigenvalue weighted by Gasteiger charge is -2.25. The first-order valence-corrected chi connectivity index (χ1v) is 9.19. The van der Waals surface area contributed by atoms with E-state index in [0.29, 0.717) is 18.0 Å². The average molecular weight is 358 g/mol. The summed E-state index contributed by atoms with van der Waals surface area (Å²) in [7, 11) is -3.66. The molecular formula is C16H17ClFNO3S. The van der Waals surface area contributed by atoms with Gasteiger partial charge in [-0.1, -0.05) is 29.8 Å². The minimum absolute atomic E-state index is 0.117. The zero-order valence-corrected chi connectivity index (χ0v) is 14.4. The van der Waals surface area contributed by atoms with Gasteiger partial charge in [-0.15, -0.1) is 0 Å². The summed E-state index contributed by atoms with van der Waals surface area (Å²) < 4.78 is 45.0. The Hall–Kier alpha value is -1.79. The molecule has 0 N–H and O–H groups in total. The molecule has 0 fully saturated rings. The molecule has 0 bridgehead atoms. The molecule has 0 radical (unpaired) electrons. The molecule has 23 heavy (non-hydrogen) atoms. The lowest BCUT2D eigenvalue weighted by Crippen LogP contribution is -2.30. The van der Waals surface area contributed by atoms with Crippen LogP contribution in [0.1, 0.15) is 12.5 Å². The largest absolute Gasteiger partial charge is 0.492 e. The first-order chi connectivity index (χ1) is 10.8. The number of rotatable bonds is 6. The SMILES string of the molecule is CCOc1ccccc1N(Cc1c(F)cccc1Cl)S(C)(=O)=O. The van der Waals surface area contributed by atoms with Gasteiger partial charge in [0.15, 0.2) is 0 Å². The van der Waals surface area contributed by atoms with Crippen molar-refractivity contribution in [1.29, 1.82) is 0 Å². The predicted octanol–water partition coefficient (Wildman–Crippen LogP) is 3.84. The highest BCUT2D eigenvalue weighted by Crippen LogP contribution is 2.32. The molecule has 0 atom stereocenters. The Labute approximate surface area is 140 Å².